The van der Waals surface area contributed by atoms with E-state index in [0.717, 1.165) is 24.8 Å². The van der Waals surface area contributed by atoms with Crippen LogP contribution in [-0.4, -0.2) is 17.9 Å². The van der Waals surface area contributed by atoms with Gasteiger partial charge in [-0.2, -0.15) is 13.1 Å². The van der Waals surface area contributed by atoms with Gasteiger partial charge in [-0.25, -0.2) is 0 Å². The van der Waals surface area contributed by atoms with E-state index in [4.69, 9.17) is 4.55 Å². The molecule has 1 rings (SSSR count). The fraction of sp³-hybridized carbons (Fsp3) is 0.760. The van der Waals surface area contributed by atoms with Gasteiger partial charge >= 0.3 is 10.3 Å². The van der Waals surface area contributed by atoms with Gasteiger partial charge in [0, 0.05) is 18.2 Å². The zero-order valence-corrected chi connectivity index (χ0v) is 21.2. The molecule has 0 aliphatic heterocycles. The topological polar surface area (TPSA) is 110 Å². The van der Waals surface area contributed by atoms with Crippen LogP contribution in [0.4, 0.5) is 5.69 Å². The van der Waals surface area contributed by atoms with Gasteiger partial charge in [0.25, 0.3) is 5.69 Å². The minimum absolute atomic E-state index is 0.125. The summed E-state index contributed by atoms with van der Waals surface area (Å²) in [5, 5.41) is 11.3. The van der Waals surface area contributed by atoms with Gasteiger partial charge in [0.15, 0.2) is 0 Å². The van der Waals surface area contributed by atoms with E-state index < -0.39 is 15.2 Å². The number of nitrogens with one attached hydrogen (secondary N) is 1. The first-order valence-corrected chi connectivity index (χ1v) is 14.3. The van der Waals surface area contributed by atoms with Crippen molar-refractivity contribution >= 4 is 16.0 Å². The molecule has 0 heterocycles. The number of nitrogens with zero attached hydrogens (tertiary/aromatic N) is 1. The minimum atomic E-state index is -4.39. The van der Waals surface area contributed by atoms with Crippen molar-refractivity contribution in [2.24, 2.45) is 0 Å². The largest absolute Gasteiger partial charge is 0.333 e. The smallest absolute Gasteiger partial charge is 0.273 e. The molecule has 0 aliphatic rings. The van der Waals surface area contributed by atoms with Gasteiger partial charge in [0.2, 0.25) is 0 Å². The van der Waals surface area contributed by atoms with Crippen LogP contribution in [0.15, 0.2) is 18.2 Å². The highest BCUT2D eigenvalue weighted by Crippen LogP contribution is 2.22. The van der Waals surface area contributed by atoms with Gasteiger partial charge in [0.1, 0.15) is 0 Å². The van der Waals surface area contributed by atoms with Crippen LogP contribution >= 0.6 is 0 Å². The molecule has 33 heavy (non-hydrogen) atoms. The van der Waals surface area contributed by atoms with Crippen molar-refractivity contribution in [1.82, 2.24) is 4.72 Å². The number of unbranched alkanes of at least 4 members (excludes halogenated alkanes) is 15. The Kier molecular flexibility index (Phi) is 16.0. The highest BCUT2D eigenvalue weighted by atomic mass is 32.2. The Hall–Kier alpha value is -1.51. The number of nitro benzene ring substituents is 1. The lowest BCUT2D eigenvalue weighted by atomic mass is 10.0. The Labute approximate surface area is 200 Å². The summed E-state index contributed by atoms with van der Waals surface area (Å²) in [7, 11) is -4.39. The first-order valence-electron chi connectivity index (χ1n) is 12.8. The number of aryl methyl sites for hydroxylation is 1. The molecule has 0 unspecified atom stereocenters. The number of nitro groups is 1. The lowest BCUT2D eigenvalue weighted by Gasteiger charge is -2.07. The number of benzene rings is 1. The van der Waals surface area contributed by atoms with E-state index in [1.54, 1.807) is 12.1 Å². The molecule has 0 radical (unpaired) electrons. The lowest BCUT2D eigenvalue weighted by molar-refractivity contribution is -0.385. The summed E-state index contributed by atoms with van der Waals surface area (Å²) in [4.78, 5) is 10.8. The molecule has 190 valence electrons. The zero-order valence-electron chi connectivity index (χ0n) is 20.4. The van der Waals surface area contributed by atoms with E-state index in [2.05, 4.69) is 6.92 Å². The Morgan fingerprint density at radius 1 is 0.818 bits per heavy atom. The lowest BCUT2D eigenvalue weighted by Crippen LogP contribution is -2.22. The molecule has 0 saturated heterocycles. The Morgan fingerprint density at radius 3 is 1.70 bits per heavy atom. The molecule has 1 aromatic carbocycles. The molecule has 1 aromatic rings. The quantitative estimate of drug-likeness (QED) is 0.0823. The van der Waals surface area contributed by atoms with Gasteiger partial charge in [0.05, 0.1) is 4.92 Å². The molecule has 0 amide bonds. The Bertz CT molecular complexity index is 768. The van der Waals surface area contributed by atoms with Crippen LogP contribution in [0.5, 0.6) is 0 Å². The van der Waals surface area contributed by atoms with E-state index in [-0.39, 0.29) is 17.8 Å². The van der Waals surface area contributed by atoms with E-state index in [1.807, 2.05) is 4.72 Å². The second kappa shape index (κ2) is 17.9. The molecule has 0 aliphatic carbocycles. The second-order valence-corrected chi connectivity index (χ2v) is 10.3. The van der Waals surface area contributed by atoms with Crippen LogP contribution in [0.2, 0.25) is 0 Å². The Morgan fingerprint density at radius 2 is 1.27 bits per heavy atom. The fourth-order valence-corrected chi connectivity index (χ4v) is 4.47. The minimum Gasteiger partial charge on any atom is -0.273 e. The number of rotatable bonds is 21. The SMILES string of the molecule is CCCCCCCCCCCCCCCCCCc1ccc(CNS(=O)(=O)O)c([N+](=O)[O-])c1. The van der Waals surface area contributed by atoms with E-state index in [1.165, 1.54) is 96.0 Å². The maximum absolute atomic E-state index is 11.3. The van der Waals surface area contributed by atoms with Crippen molar-refractivity contribution in [2.45, 2.75) is 123 Å². The van der Waals surface area contributed by atoms with Crippen molar-refractivity contribution in [3.05, 3.63) is 39.4 Å². The molecule has 2 N–H and O–H groups in total. The Balaban J connectivity index is 2.08. The second-order valence-electron chi connectivity index (χ2n) is 9.07. The van der Waals surface area contributed by atoms with Crippen LogP contribution in [-0.2, 0) is 23.3 Å². The van der Waals surface area contributed by atoms with Crippen molar-refractivity contribution in [3.63, 3.8) is 0 Å². The molecular formula is C25H44N2O5S. The molecule has 0 fully saturated rings. The van der Waals surface area contributed by atoms with Gasteiger partial charge in [-0.1, -0.05) is 115 Å². The highest BCUT2D eigenvalue weighted by Gasteiger charge is 2.16. The van der Waals surface area contributed by atoms with Crippen LogP contribution in [0.3, 0.4) is 0 Å². The standard InChI is InChI=1S/C25H44N2O5S/c1-2-3-4-5-6-7-8-9-10-11-12-13-14-15-16-17-18-23-19-20-24(22-26-33(30,31)32)25(21-23)27(28)29/h19-21,26H,2-18,22H2,1H3,(H,30,31,32). The fourth-order valence-electron chi connectivity index (χ4n) is 4.13. The normalized spacial score (nSPS) is 11.7. The molecule has 8 heteroatoms. The van der Waals surface area contributed by atoms with Crippen molar-refractivity contribution in [3.8, 4) is 0 Å². The van der Waals surface area contributed by atoms with E-state index in [9.17, 15) is 18.5 Å². The van der Waals surface area contributed by atoms with E-state index in [0.29, 0.717) is 0 Å². The van der Waals surface area contributed by atoms with E-state index >= 15 is 0 Å². The van der Waals surface area contributed by atoms with Crippen LogP contribution in [0.25, 0.3) is 0 Å². The summed E-state index contributed by atoms with van der Waals surface area (Å²) in [5.74, 6) is 0. The first-order chi connectivity index (χ1) is 15.8. The molecule has 0 saturated carbocycles. The molecular weight excluding hydrogens is 440 g/mol. The van der Waals surface area contributed by atoms with Crippen LogP contribution in [0, 0.1) is 10.1 Å². The average Bonchev–Trinajstić information content (AvgIpc) is 2.77. The maximum Gasteiger partial charge on any atom is 0.333 e. The number of hydrogen-bond acceptors (Lipinski definition) is 4. The van der Waals surface area contributed by atoms with Crippen molar-refractivity contribution in [1.29, 1.82) is 0 Å². The number of hydrogen-bond donors (Lipinski definition) is 2. The first kappa shape index (κ1) is 29.5. The van der Waals surface area contributed by atoms with Crippen molar-refractivity contribution < 1.29 is 17.9 Å². The molecule has 7 nitrogen and oxygen atoms in total. The highest BCUT2D eigenvalue weighted by molar-refractivity contribution is 7.83. The molecule has 0 atom stereocenters. The van der Waals surface area contributed by atoms with Gasteiger partial charge in [-0.3, -0.25) is 14.7 Å². The van der Waals surface area contributed by atoms with Gasteiger partial charge in [-0.15, -0.1) is 0 Å². The summed E-state index contributed by atoms with van der Waals surface area (Å²) in [5.41, 5.74) is 0.983. The zero-order chi connectivity index (χ0) is 24.4. The van der Waals surface area contributed by atoms with Crippen molar-refractivity contribution in [2.75, 3.05) is 0 Å². The van der Waals surface area contributed by atoms with Gasteiger partial charge in [-0.05, 0) is 18.4 Å². The van der Waals surface area contributed by atoms with Crippen LogP contribution in [0.1, 0.15) is 121 Å². The van der Waals surface area contributed by atoms with Crippen LogP contribution < -0.4 is 4.72 Å². The predicted octanol–water partition coefficient (Wildman–Crippen LogP) is 7.29. The summed E-state index contributed by atoms with van der Waals surface area (Å²) < 4.78 is 32.2. The summed E-state index contributed by atoms with van der Waals surface area (Å²) in [6.07, 6.45) is 21.7. The summed E-state index contributed by atoms with van der Waals surface area (Å²) >= 11 is 0. The predicted molar refractivity (Wildman–Crippen MR) is 135 cm³/mol. The monoisotopic (exact) mass is 484 g/mol. The third-order valence-corrected chi connectivity index (χ3v) is 6.62. The molecule has 0 bridgehead atoms. The summed E-state index contributed by atoms with van der Waals surface area (Å²) in [6, 6.07) is 4.85. The molecule has 0 aromatic heterocycles. The third kappa shape index (κ3) is 15.9. The third-order valence-electron chi connectivity index (χ3n) is 6.11. The van der Waals surface area contributed by atoms with Gasteiger partial charge < -0.3 is 0 Å². The maximum atomic E-state index is 11.3. The average molecular weight is 485 g/mol. The summed E-state index contributed by atoms with van der Waals surface area (Å²) in [6.45, 7) is 1.95. The molecule has 0 spiro atoms.